The SMILES string of the molecule is [2H]c1c([2H])c([2H])c(-c2c(C#N)c(-n3c4cc(C)c(C)cc4c4ccc5c6ccccc6sc5c43)c(-c3c([2H])c([2H])c([2H])c([2H])c3[2H])c(-n3c4cc(C)c(C)cc4c4ccc5c6ccccc6sc5c43)c2[N+]#[C-])c([2H])c1[2H]. The van der Waals surface area contributed by atoms with Gasteiger partial charge < -0.3 is 9.13 Å². The minimum Gasteiger partial charge on any atom is -0.317 e. The average Bonchev–Trinajstić information content (AvgIpc) is 4.25. The molecule has 9 aromatic carbocycles. The predicted molar refractivity (Wildman–Crippen MR) is 282 cm³/mol. The molecule has 0 aliphatic heterocycles. The number of hydrogen-bond donors (Lipinski definition) is 0. The van der Waals surface area contributed by atoms with Gasteiger partial charge in [0.25, 0.3) is 0 Å². The lowest BCUT2D eigenvalue weighted by molar-refractivity contribution is 1.14. The Balaban J connectivity index is 1.43. The van der Waals surface area contributed by atoms with Gasteiger partial charge in [0.15, 0.2) is 0 Å². The molecular formula is C60H38N4S2. The van der Waals surface area contributed by atoms with E-state index in [1.807, 2.05) is 110 Å². The summed E-state index contributed by atoms with van der Waals surface area (Å²) in [7, 11) is 0. The van der Waals surface area contributed by atoms with Crippen molar-refractivity contribution < 1.29 is 13.7 Å². The van der Waals surface area contributed by atoms with Crippen LogP contribution >= 0.6 is 22.7 Å². The smallest absolute Gasteiger partial charge is 0.220 e. The van der Waals surface area contributed by atoms with Gasteiger partial charge in [-0.2, -0.15) is 5.26 Å². The zero-order valence-electron chi connectivity index (χ0n) is 45.8. The van der Waals surface area contributed by atoms with Crippen molar-refractivity contribution in [2.75, 3.05) is 0 Å². The lowest BCUT2D eigenvalue weighted by Crippen LogP contribution is -2.09. The fraction of sp³-hybridized carbons (Fsp3) is 0.0667. The van der Waals surface area contributed by atoms with E-state index in [-0.39, 0.29) is 39.3 Å². The van der Waals surface area contributed by atoms with Crippen LogP contribution in [0.3, 0.4) is 0 Å². The van der Waals surface area contributed by atoms with E-state index in [0.717, 1.165) is 84.1 Å². The summed E-state index contributed by atoms with van der Waals surface area (Å²) in [4.78, 5) is 4.30. The molecule has 0 bridgehead atoms. The van der Waals surface area contributed by atoms with Gasteiger partial charge in [0.05, 0.1) is 68.7 Å². The van der Waals surface area contributed by atoms with Crippen LogP contribution in [0.25, 0.3) is 122 Å². The summed E-state index contributed by atoms with van der Waals surface area (Å²) in [6, 6.07) is 28.3. The van der Waals surface area contributed by atoms with Crippen LogP contribution in [0.15, 0.2) is 157 Å². The highest BCUT2D eigenvalue weighted by Crippen LogP contribution is 2.54. The van der Waals surface area contributed by atoms with Gasteiger partial charge in [0.2, 0.25) is 5.69 Å². The largest absolute Gasteiger partial charge is 0.317 e. The maximum absolute atomic E-state index is 12.2. The van der Waals surface area contributed by atoms with Gasteiger partial charge >= 0.3 is 0 Å². The standard InChI is InChI=1S/C60H38N4S2/c1-33-28-45-41-24-26-43-39-20-12-14-22-50(39)65-59(43)56(41)63(48(45)30-35(33)3)55-47(32-61)52(37-16-8-6-9-17-37)54(62-5)58(53(55)38-18-10-7-11-19-38)64-49-31-36(4)34(2)29-46(49)42-25-27-44-40-21-13-15-23-51(40)66-60(44)57(42)64/h6-31H,1-4H3/i6D,7D,8D,9D,10D,11D,16D,17D,18D,19D. The molecule has 0 spiro atoms. The van der Waals surface area contributed by atoms with Gasteiger partial charge in [-0.25, -0.2) is 4.85 Å². The van der Waals surface area contributed by atoms with Gasteiger partial charge in [0, 0.05) is 63.6 Å². The van der Waals surface area contributed by atoms with Crippen molar-refractivity contribution >= 4 is 112 Å². The third-order valence-corrected chi connectivity index (χ3v) is 15.8. The highest BCUT2D eigenvalue weighted by molar-refractivity contribution is 7.27. The van der Waals surface area contributed by atoms with Crippen LogP contribution in [0.2, 0.25) is 0 Å². The van der Waals surface area contributed by atoms with Crippen molar-refractivity contribution in [1.82, 2.24) is 9.13 Å². The molecule has 0 unspecified atom stereocenters. The quantitative estimate of drug-likeness (QED) is 0.162. The number of aromatic nitrogens is 2. The number of aryl methyl sites for hydroxylation is 4. The second kappa shape index (κ2) is 14.3. The summed E-state index contributed by atoms with van der Waals surface area (Å²) in [6.07, 6.45) is 0. The van der Waals surface area contributed by atoms with Crippen LogP contribution in [0.4, 0.5) is 5.69 Å². The lowest BCUT2D eigenvalue weighted by atomic mass is 9.88. The van der Waals surface area contributed by atoms with E-state index in [2.05, 4.69) is 35.2 Å². The Labute approximate surface area is 402 Å². The molecule has 4 nitrogen and oxygen atoms in total. The van der Waals surface area contributed by atoms with Gasteiger partial charge in [-0.3, -0.25) is 0 Å². The summed E-state index contributed by atoms with van der Waals surface area (Å²) in [5.74, 6) is 0. The van der Waals surface area contributed by atoms with Crippen LogP contribution in [0.5, 0.6) is 0 Å². The Morgan fingerprint density at radius 1 is 0.515 bits per heavy atom. The molecule has 66 heavy (non-hydrogen) atoms. The van der Waals surface area contributed by atoms with Crippen molar-refractivity contribution in [1.29, 1.82) is 5.26 Å². The molecule has 0 saturated heterocycles. The number of benzene rings is 9. The summed E-state index contributed by atoms with van der Waals surface area (Å²) < 4.78 is 101. The molecule has 0 saturated carbocycles. The number of fused-ring (bicyclic) bond motifs is 14. The van der Waals surface area contributed by atoms with E-state index >= 15 is 0 Å². The average molecular weight is 889 g/mol. The Bertz CT molecular complexity index is 4670. The maximum atomic E-state index is 12.2. The molecule has 0 N–H and O–H groups in total. The normalized spacial score (nSPS) is 14.0. The second-order valence-electron chi connectivity index (χ2n) is 16.8. The van der Waals surface area contributed by atoms with Crippen molar-refractivity contribution in [2.24, 2.45) is 0 Å². The van der Waals surface area contributed by atoms with Gasteiger partial charge in [-0.1, -0.05) is 121 Å². The third kappa shape index (κ3) is 5.23. The van der Waals surface area contributed by atoms with Crippen molar-refractivity contribution in [3.05, 3.63) is 197 Å². The molecule has 310 valence electrons. The number of nitrogens with zero attached hydrogens (tertiary/aromatic N) is 4. The summed E-state index contributed by atoms with van der Waals surface area (Å²) in [6.45, 7) is 17.4. The number of thiophene rings is 2. The topological polar surface area (TPSA) is 38.0 Å². The monoisotopic (exact) mass is 888 g/mol. The highest BCUT2D eigenvalue weighted by atomic mass is 32.1. The van der Waals surface area contributed by atoms with E-state index in [0.29, 0.717) is 22.1 Å². The zero-order chi connectivity index (χ0) is 53.2. The summed E-state index contributed by atoms with van der Waals surface area (Å²) in [5.41, 5.74) is 4.50. The van der Waals surface area contributed by atoms with Crippen LogP contribution in [-0.2, 0) is 0 Å². The highest BCUT2D eigenvalue weighted by Gasteiger charge is 2.33. The molecule has 13 rings (SSSR count). The maximum Gasteiger partial charge on any atom is 0.220 e. The second-order valence-corrected chi connectivity index (χ2v) is 19.0. The third-order valence-electron chi connectivity index (χ3n) is 13.4. The lowest BCUT2D eigenvalue weighted by Gasteiger charge is -2.26. The fourth-order valence-corrected chi connectivity index (χ4v) is 12.6. The van der Waals surface area contributed by atoms with E-state index in [1.54, 1.807) is 0 Å². The van der Waals surface area contributed by atoms with Gasteiger partial charge in [-0.15, -0.1) is 22.7 Å². The molecule has 13 aromatic rings. The van der Waals surface area contributed by atoms with Gasteiger partial charge in [-0.05, 0) is 97.5 Å². The molecule has 0 fully saturated rings. The molecular weight excluding hydrogens is 841 g/mol. The van der Waals surface area contributed by atoms with Crippen LogP contribution in [0, 0.1) is 45.6 Å². The first-order valence-electron chi connectivity index (χ1n) is 26.4. The minimum atomic E-state index is -0.682. The van der Waals surface area contributed by atoms with Crippen LogP contribution in [0.1, 0.15) is 41.5 Å². The predicted octanol–water partition coefficient (Wildman–Crippen LogP) is 17.6. The molecule has 0 amide bonds. The Hall–Kier alpha value is -8.00. The molecule has 6 heteroatoms. The molecule has 0 radical (unpaired) electrons. The summed E-state index contributed by atoms with van der Waals surface area (Å²) >= 11 is 3.08. The first-order valence-corrected chi connectivity index (χ1v) is 23.0. The Morgan fingerprint density at radius 2 is 0.955 bits per heavy atom. The van der Waals surface area contributed by atoms with Gasteiger partial charge in [0.1, 0.15) is 6.07 Å². The van der Waals surface area contributed by atoms with Crippen molar-refractivity contribution in [3.63, 3.8) is 0 Å². The van der Waals surface area contributed by atoms with E-state index < -0.39 is 66.0 Å². The zero-order valence-corrected chi connectivity index (χ0v) is 37.5. The Kier molecular flexibility index (Phi) is 6.36. The van der Waals surface area contributed by atoms with Crippen molar-refractivity contribution in [2.45, 2.75) is 27.7 Å². The van der Waals surface area contributed by atoms with E-state index in [9.17, 15) is 20.1 Å². The van der Waals surface area contributed by atoms with Crippen LogP contribution < -0.4 is 0 Å². The Morgan fingerprint density at radius 3 is 1.44 bits per heavy atom. The fourth-order valence-electron chi connectivity index (χ4n) is 10.1. The van der Waals surface area contributed by atoms with Crippen LogP contribution in [-0.4, -0.2) is 9.13 Å². The molecule has 4 aromatic heterocycles. The number of nitriles is 1. The molecule has 0 atom stereocenters. The van der Waals surface area contributed by atoms with Crippen molar-refractivity contribution in [3.8, 4) is 39.7 Å². The first-order chi connectivity index (χ1) is 36.5. The van der Waals surface area contributed by atoms with E-state index in [1.165, 1.54) is 22.7 Å². The molecule has 0 aliphatic rings. The first kappa shape index (κ1) is 29.4. The number of hydrogen-bond acceptors (Lipinski definition) is 3. The number of rotatable bonds is 4. The minimum absolute atomic E-state index is 0.0000923. The molecule has 4 heterocycles. The van der Waals surface area contributed by atoms with E-state index in [4.69, 9.17) is 5.48 Å². The molecule has 0 aliphatic carbocycles. The summed E-state index contributed by atoms with van der Waals surface area (Å²) in [5, 5.41) is 19.1.